The van der Waals surface area contributed by atoms with Crippen LogP contribution in [0.15, 0.2) is 0 Å². The Bertz CT molecular complexity index is 273. The molecule has 0 saturated carbocycles. The van der Waals surface area contributed by atoms with Crippen LogP contribution in [-0.2, 0) is 4.74 Å². The van der Waals surface area contributed by atoms with Crippen LogP contribution in [0.2, 0.25) is 0 Å². The third-order valence-electron chi connectivity index (χ3n) is 4.63. The summed E-state index contributed by atoms with van der Waals surface area (Å²) in [5, 5.41) is 19.0. The minimum absolute atomic E-state index is 0.357. The summed E-state index contributed by atoms with van der Waals surface area (Å²) < 4.78 is 5.72. The summed E-state index contributed by atoms with van der Waals surface area (Å²) in [5.74, 6) is 0.856. The van der Waals surface area contributed by atoms with Crippen molar-refractivity contribution in [3.05, 3.63) is 0 Å². The van der Waals surface area contributed by atoms with Crippen LogP contribution in [0.3, 0.4) is 0 Å². The van der Waals surface area contributed by atoms with Crippen molar-refractivity contribution in [2.75, 3.05) is 32.8 Å². The van der Waals surface area contributed by atoms with E-state index in [9.17, 15) is 10.2 Å². The molecule has 2 unspecified atom stereocenters. The highest BCUT2D eigenvalue weighted by Gasteiger charge is 2.10. The van der Waals surface area contributed by atoms with Gasteiger partial charge < -0.3 is 14.9 Å². The van der Waals surface area contributed by atoms with E-state index in [1.165, 1.54) is 57.8 Å². The average molecular weight is 374 g/mol. The van der Waals surface area contributed by atoms with Crippen molar-refractivity contribution in [3.8, 4) is 0 Å². The number of hydrogen-bond donors (Lipinski definition) is 2. The highest BCUT2D eigenvalue weighted by atomic mass is 16.5. The first-order valence-corrected chi connectivity index (χ1v) is 11.1. The quantitative estimate of drug-likeness (QED) is 0.324. The lowest BCUT2D eigenvalue weighted by molar-refractivity contribution is 0.0701. The van der Waals surface area contributed by atoms with Crippen molar-refractivity contribution in [2.45, 2.75) is 104 Å². The van der Waals surface area contributed by atoms with Crippen molar-refractivity contribution in [2.24, 2.45) is 5.92 Å². The van der Waals surface area contributed by atoms with Crippen molar-refractivity contribution >= 4 is 0 Å². The number of ether oxygens (including phenoxy) is 1. The molecule has 0 aliphatic carbocycles. The minimum Gasteiger partial charge on any atom is -0.392 e. The summed E-state index contributed by atoms with van der Waals surface area (Å²) in [6, 6.07) is 0. The van der Waals surface area contributed by atoms with Crippen LogP contribution in [-0.4, -0.2) is 60.2 Å². The van der Waals surface area contributed by atoms with Gasteiger partial charge in [0, 0.05) is 32.8 Å². The maximum absolute atomic E-state index is 9.51. The van der Waals surface area contributed by atoms with Gasteiger partial charge in [-0.1, -0.05) is 65.2 Å². The van der Waals surface area contributed by atoms with Gasteiger partial charge in [-0.2, -0.15) is 0 Å². The Balaban J connectivity index is 3.34. The van der Waals surface area contributed by atoms with E-state index in [0.717, 1.165) is 32.1 Å². The summed E-state index contributed by atoms with van der Waals surface area (Å²) in [6.07, 6.45) is 12.4. The van der Waals surface area contributed by atoms with E-state index in [4.69, 9.17) is 4.74 Å². The van der Waals surface area contributed by atoms with Crippen molar-refractivity contribution in [1.29, 1.82) is 0 Å². The lowest BCUT2D eigenvalue weighted by atomic mass is 10.0. The minimum atomic E-state index is -0.357. The van der Waals surface area contributed by atoms with Crippen molar-refractivity contribution in [3.63, 3.8) is 0 Å². The molecule has 26 heavy (non-hydrogen) atoms. The van der Waals surface area contributed by atoms with Gasteiger partial charge in [0.15, 0.2) is 0 Å². The molecule has 0 aromatic rings. The Morgan fingerprint density at radius 1 is 0.654 bits per heavy atom. The summed E-state index contributed by atoms with van der Waals surface area (Å²) >= 11 is 0. The number of rotatable bonds is 19. The monoisotopic (exact) mass is 373 g/mol. The molecule has 0 spiro atoms. The summed E-state index contributed by atoms with van der Waals surface area (Å²) in [6.45, 7) is 11.9. The van der Waals surface area contributed by atoms with Crippen LogP contribution in [0.4, 0.5) is 0 Å². The largest absolute Gasteiger partial charge is 0.392 e. The fourth-order valence-electron chi connectivity index (χ4n) is 3.31. The van der Waals surface area contributed by atoms with Crippen molar-refractivity contribution < 1.29 is 14.9 Å². The molecule has 0 aliphatic rings. The van der Waals surface area contributed by atoms with Crippen LogP contribution in [0.1, 0.15) is 91.9 Å². The fourth-order valence-corrected chi connectivity index (χ4v) is 3.31. The Kier molecular flexibility index (Phi) is 18.1. The molecule has 2 atom stereocenters. The summed E-state index contributed by atoms with van der Waals surface area (Å²) in [7, 11) is 0. The van der Waals surface area contributed by atoms with Gasteiger partial charge in [0.2, 0.25) is 0 Å². The topological polar surface area (TPSA) is 52.9 Å². The van der Waals surface area contributed by atoms with Crippen LogP contribution in [0, 0.1) is 5.92 Å². The molecular weight excluding hydrogens is 326 g/mol. The third kappa shape index (κ3) is 20.2. The standard InChI is InChI=1S/C22H47NO3/c1-20(2)14-11-9-7-5-6-8-10-12-16-26-17-13-15-23(18-21(3)24)19-22(4)25/h20-22,24-25H,5-19H2,1-4H3. The second-order valence-corrected chi connectivity index (χ2v) is 8.43. The number of aliphatic hydroxyl groups excluding tert-OH is 2. The molecule has 0 fully saturated rings. The number of hydrogen-bond acceptors (Lipinski definition) is 4. The van der Waals surface area contributed by atoms with Crippen LogP contribution in [0.25, 0.3) is 0 Å². The predicted molar refractivity (Wildman–Crippen MR) is 112 cm³/mol. The van der Waals surface area contributed by atoms with E-state index in [1.807, 2.05) is 0 Å². The molecule has 0 aliphatic heterocycles. The molecular formula is C22H47NO3. The van der Waals surface area contributed by atoms with E-state index in [2.05, 4.69) is 18.7 Å². The van der Waals surface area contributed by atoms with Gasteiger partial charge in [-0.15, -0.1) is 0 Å². The molecule has 0 amide bonds. The van der Waals surface area contributed by atoms with Crippen molar-refractivity contribution in [1.82, 2.24) is 4.90 Å². The smallest absolute Gasteiger partial charge is 0.0639 e. The van der Waals surface area contributed by atoms with Gasteiger partial charge >= 0.3 is 0 Å². The fraction of sp³-hybridized carbons (Fsp3) is 1.00. The van der Waals surface area contributed by atoms with E-state index < -0.39 is 0 Å². The molecule has 4 heteroatoms. The molecule has 0 heterocycles. The average Bonchev–Trinajstić information content (AvgIpc) is 2.53. The highest BCUT2D eigenvalue weighted by molar-refractivity contribution is 4.64. The molecule has 0 saturated heterocycles. The van der Waals surface area contributed by atoms with Crippen LogP contribution >= 0.6 is 0 Å². The van der Waals surface area contributed by atoms with Crippen LogP contribution < -0.4 is 0 Å². The Hall–Kier alpha value is -0.160. The molecule has 0 rings (SSSR count). The first kappa shape index (κ1) is 25.8. The lowest BCUT2D eigenvalue weighted by Gasteiger charge is -2.24. The van der Waals surface area contributed by atoms with E-state index in [1.54, 1.807) is 13.8 Å². The first-order chi connectivity index (χ1) is 12.4. The number of unbranched alkanes of at least 4 members (excludes halogenated alkanes) is 7. The van der Waals surface area contributed by atoms with Gasteiger partial charge in [-0.25, -0.2) is 0 Å². The first-order valence-electron chi connectivity index (χ1n) is 11.1. The number of aliphatic hydroxyl groups is 2. The van der Waals surface area contributed by atoms with E-state index >= 15 is 0 Å². The zero-order chi connectivity index (χ0) is 19.6. The second-order valence-electron chi connectivity index (χ2n) is 8.43. The van der Waals surface area contributed by atoms with Gasteiger partial charge in [0.25, 0.3) is 0 Å². The molecule has 0 radical (unpaired) electrons. The normalized spacial score (nSPS) is 14.3. The van der Waals surface area contributed by atoms with E-state index in [0.29, 0.717) is 13.1 Å². The van der Waals surface area contributed by atoms with Gasteiger partial charge in [0.1, 0.15) is 0 Å². The van der Waals surface area contributed by atoms with Gasteiger partial charge in [-0.3, -0.25) is 4.90 Å². The summed E-state index contributed by atoms with van der Waals surface area (Å²) in [4.78, 5) is 2.11. The molecule has 158 valence electrons. The molecule has 0 aromatic carbocycles. The van der Waals surface area contributed by atoms with Gasteiger partial charge in [-0.05, 0) is 32.6 Å². The zero-order valence-electron chi connectivity index (χ0n) is 18.1. The number of nitrogens with zero attached hydrogens (tertiary/aromatic N) is 1. The predicted octanol–water partition coefficient (Wildman–Crippen LogP) is 4.62. The van der Waals surface area contributed by atoms with Crippen LogP contribution in [0.5, 0.6) is 0 Å². The molecule has 4 nitrogen and oxygen atoms in total. The Morgan fingerprint density at radius 3 is 1.62 bits per heavy atom. The van der Waals surface area contributed by atoms with E-state index in [-0.39, 0.29) is 12.2 Å². The molecule has 2 N–H and O–H groups in total. The zero-order valence-corrected chi connectivity index (χ0v) is 18.1. The highest BCUT2D eigenvalue weighted by Crippen LogP contribution is 2.12. The second kappa shape index (κ2) is 18.2. The Morgan fingerprint density at radius 2 is 1.12 bits per heavy atom. The maximum Gasteiger partial charge on any atom is 0.0639 e. The lowest BCUT2D eigenvalue weighted by Crippen LogP contribution is -2.37. The Labute approximate surface area is 163 Å². The van der Waals surface area contributed by atoms with Gasteiger partial charge in [0.05, 0.1) is 12.2 Å². The SMILES string of the molecule is CC(C)CCCCCCCCCCOCCCN(CC(C)O)CC(C)O. The maximum atomic E-state index is 9.51. The third-order valence-corrected chi connectivity index (χ3v) is 4.63. The molecule has 0 aromatic heterocycles. The summed E-state index contributed by atoms with van der Waals surface area (Å²) in [5.41, 5.74) is 0. The molecule has 0 bridgehead atoms.